The van der Waals surface area contributed by atoms with Crippen LogP contribution in [0.25, 0.3) is 0 Å². The van der Waals surface area contributed by atoms with E-state index in [1.165, 1.54) is 0 Å². The van der Waals surface area contributed by atoms with Crippen molar-refractivity contribution in [1.82, 2.24) is 10.2 Å². The Morgan fingerprint density at radius 3 is 2.33 bits per heavy atom. The molecule has 3 amide bonds. The minimum Gasteiger partial charge on any atom is -0.492 e. The second-order valence-electron chi connectivity index (χ2n) is 6.27. The SMILES string of the molecule is O=C(CN1C(=O)C2CCCCC2C1=O)NCCOc1ccccc1. The van der Waals surface area contributed by atoms with E-state index >= 15 is 0 Å². The number of imide groups is 1. The summed E-state index contributed by atoms with van der Waals surface area (Å²) in [5, 5.41) is 2.69. The Labute approximate surface area is 141 Å². The fourth-order valence-electron chi connectivity index (χ4n) is 3.46. The molecule has 2 fully saturated rings. The number of benzene rings is 1. The standard InChI is InChI=1S/C18H22N2O4/c21-16(19-10-11-24-13-6-2-1-3-7-13)12-20-17(22)14-8-4-5-9-15(14)18(20)23/h1-3,6-7,14-15H,4-5,8-12H2,(H,19,21). The Hall–Kier alpha value is -2.37. The number of nitrogens with zero attached hydrogens (tertiary/aromatic N) is 1. The Balaban J connectivity index is 1.43. The van der Waals surface area contributed by atoms with Gasteiger partial charge in [0.15, 0.2) is 0 Å². The average molecular weight is 330 g/mol. The van der Waals surface area contributed by atoms with Gasteiger partial charge >= 0.3 is 0 Å². The summed E-state index contributed by atoms with van der Waals surface area (Å²) in [7, 11) is 0. The molecule has 0 spiro atoms. The molecule has 0 aromatic heterocycles. The van der Waals surface area contributed by atoms with Crippen LogP contribution in [0.5, 0.6) is 5.75 Å². The molecule has 0 bridgehead atoms. The predicted octanol–water partition coefficient (Wildman–Crippen LogP) is 1.36. The highest BCUT2D eigenvalue weighted by molar-refractivity contribution is 6.07. The summed E-state index contributed by atoms with van der Waals surface area (Å²) in [6.07, 6.45) is 3.49. The zero-order valence-electron chi connectivity index (χ0n) is 13.6. The third kappa shape index (κ3) is 3.58. The van der Waals surface area contributed by atoms with Gasteiger partial charge in [0.05, 0.1) is 18.4 Å². The molecule has 1 saturated carbocycles. The van der Waals surface area contributed by atoms with Gasteiger partial charge < -0.3 is 10.1 Å². The van der Waals surface area contributed by atoms with Gasteiger partial charge in [0.2, 0.25) is 17.7 Å². The van der Waals surface area contributed by atoms with Crippen molar-refractivity contribution in [2.24, 2.45) is 11.8 Å². The topological polar surface area (TPSA) is 75.7 Å². The minimum absolute atomic E-state index is 0.180. The summed E-state index contributed by atoms with van der Waals surface area (Å²) in [4.78, 5) is 37.7. The Kier molecular flexibility index (Phi) is 5.13. The molecule has 1 N–H and O–H groups in total. The quantitative estimate of drug-likeness (QED) is 0.631. The molecule has 1 aromatic carbocycles. The van der Waals surface area contributed by atoms with Crippen molar-refractivity contribution in [3.8, 4) is 5.75 Å². The number of likely N-dealkylation sites (tertiary alicyclic amines) is 1. The monoisotopic (exact) mass is 330 g/mol. The van der Waals surface area contributed by atoms with Crippen molar-refractivity contribution in [3.05, 3.63) is 30.3 Å². The lowest BCUT2D eigenvalue weighted by atomic mass is 9.81. The molecule has 24 heavy (non-hydrogen) atoms. The number of carbonyl (C=O) groups is 3. The Bertz CT molecular complexity index is 593. The molecule has 1 aliphatic carbocycles. The number of nitrogens with one attached hydrogen (secondary N) is 1. The highest BCUT2D eigenvalue weighted by Gasteiger charge is 2.48. The van der Waals surface area contributed by atoms with E-state index in [1.54, 1.807) is 0 Å². The minimum atomic E-state index is -0.327. The molecule has 6 nitrogen and oxygen atoms in total. The van der Waals surface area contributed by atoms with Crippen molar-refractivity contribution in [3.63, 3.8) is 0 Å². The van der Waals surface area contributed by atoms with E-state index in [1.807, 2.05) is 30.3 Å². The summed E-state index contributed by atoms with van der Waals surface area (Å²) < 4.78 is 5.48. The van der Waals surface area contributed by atoms with Crippen LogP contribution in [-0.2, 0) is 14.4 Å². The van der Waals surface area contributed by atoms with E-state index in [2.05, 4.69) is 5.32 Å². The van der Waals surface area contributed by atoms with Gasteiger partial charge in [-0.05, 0) is 25.0 Å². The normalized spacial score (nSPS) is 23.1. The first-order valence-electron chi connectivity index (χ1n) is 8.46. The predicted molar refractivity (Wildman–Crippen MR) is 87.1 cm³/mol. The van der Waals surface area contributed by atoms with Crippen LogP contribution in [0.3, 0.4) is 0 Å². The van der Waals surface area contributed by atoms with Gasteiger partial charge in [0.25, 0.3) is 0 Å². The number of hydrogen-bond donors (Lipinski definition) is 1. The van der Waals surface area contributed by atoms with Gasteiger partial charge in [-0.15, -0.1) is 0 Å². The van der Waals surface area contributed by atoms with Crippen LogP contribution < -0.4 is 10.1 Å². The maximum Gasteiger partial charge on any atom is 0.240 e. The number of amides is 3. The lowest BCUT2D eigenvalue weighted by molar-refractivity contribution is -0.143. The zero-order valence-corrected chi connectivity index (χ0v) is 13.6. The molecule has 2 unspecified atom stereocenters. The molecule has 1 aromatic rings. The van der Waals surface area contributed by atoms with Crippen LogP contribution in [-0.4, -0.2) is 42.3 Å². The van der Waals surface area contributed by atoms with Gasteiger partial charge in [-0.2, -0.15) is 0 Å². The van der Waals surface area contributed by atoms with E-state index in [0.29, 0.717) is 13.2 Å². The lowest BCUT2D eigenvalue weighted by Gasteiger charge is -2.19. The number of carbonyl (C=O) groups excluding carboxylic acids is 3. The first-order chi connectivity index (χ1) is 11.7. The van der Waals surface area contributed by atoms with Crippen LogP contribution in [0.2, 0.25) is 0 Å². The summed E-state index contributed by atoms with van der Waals surface area (Å²) in [6.45, 7) is 0.482. The summed E-state index contributed by atoms with van der Waals surface area (Å²) in [6, 6.07) is 9.32. The van der Waals surface area contributed by atoms with Crippen molar-refractivity contribution >= 4 is 17.7 Å². The molecule has 1 aliphatic heterocycles. The second-order valence-corrected chi connectivity index (χ2v) is 6.27. The van der Waals surface area contributed by atoms with E-state index in [9.17, 15) is 14.4 Å². The van der Waals surface area contributed by atoms with Crippen LogP contribution >= 0.6 is 0 Å². The first-order valence-corrected chi connectivity index (χ1v) is 8.46. The molecule has 1 heterocycles. The lowest BCUT2D eigenvalue weighted by Crippen LogP contribution is -2.42. The summed E-state index contributed by atoms with van der Waals surface area (Å²) in [5.41, 5.74) is 0. The molecule has 3 rings (SSSR count). The molecular weight excluding hydrogens is 308 g/mol. The number of fused-ring (bicyclic) bond motifs is 1. The van der Waals surface area contributed by atoms with E-state index < -0.39 is 0 Å². The summed E-state index contributed by atoms with van der Waals surface area (Å²) in [5.74, 6) is -0.366. The zero-order chi connectivity index (χ0) is 16.9. The third-order valence-electron chi connectivity index (χ3n) is 4.67. The van der Waals surface area contributed by atoms with Crippen molar-refractivity contribution in [2.75, 3.05) is 19.7 Å². The van der Waals surface area contributed by atoms with Gasteiger partial charge in [0, 0.05) is 0 Å². The van der Waals surface area contributed by atoms with Gasteiger partial charge in [-0.3, -0.25) is 19.3 Å². The number of ether oxygens (including phenoxy) is 1. The number of rotatable bonds is 6. The third-order valence-corrected chi connectivity index (χ3v) is 4.67. The maximum atomic E-state index is 12.3. The van der Waals surface area contributed by atoms with E-state index in [4.69, 9.17) is 4.74 Å². The molecular formula is C18H22N2O4. The van der Waals surface area contributed by atoms with Crippen LogP contribution in [0.15, 0.2) is 30.3 Å². The fourth-order valence-corrected chi connectivity index (χ4v) is 3.46. The average Bonchev–Trinajstić information content (AvgIpc) is 2.85. The van der Waals surface area contributed by atoms with Gasteiger partial charge in [0.1, 0.15) is 18.9 Å². The van der Waals surface area contributed by atoms with E-state index in [-0.39, 0.29) is 36.1 Å². The fraction of sp³-hybridized carbons (Fsp3) is 0.500. The first kappa shape index (κ1) is 16.5. The van der Waals surface area contributed by atoms with Crippen molar-refractivity contribution in [2.45, 2.75) is 25.7 Å². The molecule has 128 valence electrons. The van der Waals surface area contributed by atoms with Crippen molar-refractivity contribution < 1.29 is 19.1 Å². The molecule has 2 atom stereocenters. The largest absolute Gasteiger partial charge is 0.492 e. The maximum absolute atomic E-state index is 12.3. The number of hydrogen-bond acceptors (Lipinski definition) is 4. The summed E-state index contributed by atoms with van der Waals surface area (Å²) >= 11 is 0. The number of para-hydroxylation sites is 1. The van der Waals surface area contributed by atoms with Crippen molar-refractivity contribution in [1.29, 1.82) is 0 Å². The van der Waals surface area contributed by atoms with E-state index in [0.717, 1.165) is 36.3 Å². The van der Waals surface area contributed by atoms with Gasteiger partial charge in [-0.1, -0.05) is 31.0 Å². The molecule has 1 saturated heterocycles. The smallest absolute Gasteiger partial charge is 0.240 e. The highest BCUT2D eigenvalue weighted by Crippen LogP contribution is 2.37. The highest BCUT2D eigenvalue weighted by atomic mass is 16.5. The Morgan fingerprint density at radius 1 is 1.08 bits per heavy atom. The van der Waals surface area contributed by atoms with Crippen LogP contribution in [0.4, 0.5) is 0 Å². The van der Waals surface area contributed by atoms with Gasteiger partial charge in [-0.25, -0.2) is 0 Å². The Morgan fingerprint density at radius 2 is 1.71 bits per heavy atom. The molecule has 6 heteroatoms. The van der Waals surface area contributed by atoms with Crippen LogP contribution in [0.1, 0.15) is 25.7 Å². The molecule has 0 radical (unpaired) electrons. The molecule has 2 aliphatic rings. The van der Waals surface area contributed by atoms with Crippen LogP contribution in [0, 0.1) is 11.8 Å². The second kappa shape index (κ2) is 7.47.